The second-order valence-corrected chi connectivity index (χ2v) is 8.00. The lowest BCUT2D eigenvalue weighted by molar-refractivity contribution is 0.0529. The molecule has 0 heterocycles. The Bertz CT molecular complexity index is 441. The molecule has 7 heteroatoms. The lowest BCUT2D eigenvalue weighted by atomic mass is 9.83. The van der Waals surface area contributed by atoms with Gasteiger partial charge in [0, 0.05) is 39.9 Å². The summed E-state index contributed by atoms with van der Waals surface area (Å²) in [5, 5.41) is 9.29. The third-order valence-electron chi connectivity index (χ3n) is 4.50. The summed E-state index contributed by atoms with van der Waals surface area (Å²) in [6.07, 6.45) is 5.67. The van der Waals surface area contributed by atoms with Crippen LogP contribution >= 0.6 is 0 Å². The molecule has 0 saturated heterocycles. The highest BCUT2D eigenvalue weighted by atomic mass is 16.6. The number of methoxy groups -OCH3 is 1. The maximum absolute atomic E-state index is 11.7. The number of amides is 1. The summed E-state index contributed by atoms with van der Waals surface area (Å²) < 4.78 is 10.5. The first-order valence-electron chi connectivity index (χ1n) is 9.78. The third kappa shape index (κ3) is 9.27. The summed E-state index contributed by atoms with van der Waals surface area (Å²) in [7, 11) is 1.76. The van der Waals surface area contributed by atoms with E-state index in [9.17, 15) is 4.79 Å². The first-order chi connectivity index (χ1) is 12.3. The third-order valence-corrected chi connectivity index (χ3v) is 4.50. The summed E-state index contributed by atoms with van der Waals surface area (Å²) in [4.78, 5) is 16.4. The van der Waals surface area contributed by atoms with Crippen molar-refractivity contribution >= 4 is 12.1 Å². The van der Waals surface area contributed by atoms with Crippen LogP contribution in [0.15, 0.2) is 4.99 Å². The van der Waals surface area contributed by atoms with Crippen molar-refractivity contribution in [1.82, 2.24) is 16.0 Å². The van der Waals surface area contributed by atoms with E-state index in [-0.39, 0.29) is 5.41 Å². The van der Waals surface area contributed by atoms with Crippen LogP contribution in [-0.4, -0.2) is 57.5 Å². The van der Waals surface area contributed by atoms with Crippen LogP contribution in [-0.2, 0) is 9.47 Å². The van der Waals surface area contributed by atoms with E-state index in [1.54, 1.807) is 7.11 Å². The summed E-state index contributed by atoms with van der Waals surface area (Å²) in [5.74, 6) is 0.794. The molecule has 0 bridgehead atoms. The van der Waals surface area contributed by atoms with E-state index in [1.807, 2.05) is 27.7 Å². The molecule has 1 saturated carbocycles. The lowest BCUT2D eigenvalue weighted by Gasteiger charge is -2.27. The second-order valence-electron chi connectivity index (χ2n) is 8.00. The van der Waals surface area contributed by atoms with Crippen LogP contribution in [0.2, 0.25) is 0 Å². The minimum Gasteiger partial charge on any atom is -0.444 e. The highest BCUT2D eigenvalue weighted by Gasteiger charge is 2.33. The van der Waals surface area contributed by atoms with Gasteiger partial charge in [0.1, 0.15) is 5.60 Å². The van der Waals surface area contributed by atoms with Crippen LogP contribution in [0, 0.1) is 5.41 Å². The van der Waals surface area contributed by atoms with E-state index in [0.29, 0.717) is 13.1 Å². The zero-order chi connectivity index (χ0) is 19.5. The normalized spacial score (nSPS) is 17.0. The summed E-state index contributed by atoms with van der Waals surface area (Å²) in [6.45, 7) is 11.1. The number of rotatable bonds is 9. The van der Waals surface area contributed by atoms with Gasteiger partial charge in [-0.15, -0.1) is 0 Å². The van der Waals surface area contributed by atoms with E-state index in [2.05, 4.69) is 16.0 Å². The molecule has 1 aliphatic rings. The number of alkyl carbamates (subject to hydrolysis) is 1. The lowest BCUT2D eigenvalue weighted by Crippen LogP contribution is -2.43. The number of hydrogen-bond acceptors (Lipinski definition) is 4. The van der Waals surface area contributed by atoms with Crippen molar-refractivity contribution in [3.63, 3.8) is 0 Å². The molecule has 0 aromatic heterocycles. The average Bonchev–Trinajstić information content (AvgIpc) is 3.02. The number of guanidine groups is 1. The Hall–Kier alpha value is -1.50. The van der Waals surface area contributed by atoms with Crippen molar-refractivity contribution in [1.29, 1.82) is 0 Å². The number of nitrogens with zero attached hydrogens (tertiary/aromatic N) is 1. The Labute approximate surface area is 158 Å². The molecule has 1 rings (SSSR count). The van der Waals surface area contributed by atoms with Crippen molar-refractivity contribution < 1.29 is 14.3 Å². The van der Waals surface area contributed by atoms with Gasteiger partial charge in [-0.3, -0.25) is 4.99 Å². The van der Waals surface area contributed by atoms with Crippen LogP contribution in [0.25, 0.3) is 0 Å². The molecule has 0 atom stereocenters. The summed E-state index contributed by atoms with van der Waals surface area (Å²) >= 11 is 0. The number of ether oxygens (including phenoxy) is 2. The molecule has 1 aliphatic carbocycles. The summed E-state index contributed by atoms with van der Waals surface area (Å²) in [5.41, 5.74) is -0.209. The minimum atomic E-state index is -0.480. The first-order valence-corrected chi connectivity index (χ1v) is 9.78. The van der Waals surface area contributed by atoms with Gasteiger partial charge >= 0.3 is 6.09 Å². The van der Waals surface area contributed by atoms with Gasteiger partial charge in [-0.2, -0.15) is 0 Å². The Morgan fingerprint density at radius 2 is 1.77 bits per heavy atom. The minimum absolute atomic E-state index is 0.271. The maximum Gasteiger partial charge on any atom is 0.407 e. The van der Waals surface area contributed by atoms with E-state index < -0.39 is 11.7 Å². The topological polar surface area (TPSA) is 84.0 Å². The smallest absolute Gasteiger partial charge is 0.407 e. The second kappa shape index (κ2) is 11.3. The van der Waals surface area contributed by atoms with Crippen LogP contribution in [0.4, 0.5) is 4.79 Å². The van der Waals surface area contributed by atoms with Crippen molar-refractivity contribution in [2.45, 2.75) is 65.4 Å². The molecule has 3 N–H and O–H groups in total. The molecule has 0 unspecified atom stereocenters. The highest BCUT2D eigenvalue weighted by Crippen LogP contribution is 2.41. The molecule has 0 aliphatic heterocycles. The monoisotopic (exact) mass is 370 g/mol. The Morgan fingerprint density at radius 1 is 1.12 bits per heavy atom. The zero-order valence-corrected chi connectivity index (χ0v) is 17.2. The Morgan fingerprint density at radius 3 is 2.35 bits per heavy atom. The molecule has 1 fully saturated rings. The van der Waals surface area contributed by atoms with Gasteiger partial charge in [0.25, 0.3) is 0 Å². The quantitative estimate of drug-likeness (QED) is 0.330. The van der Waals surface area contributed by atoms with E-state index in [0.717, 1.165) is 32.1 Å². The van der Waals surface area contributed by atoms with Crippen LogP contribution in [0.1, 0.15) is 59.8 Å². The van der Waals surface area contributed by atoms with Gasteiger partial charge < -0.3 is 25.4 Å². The molecular weight excluding hydrogens is 332 g/mol. The molecule has 0 spiro atoms. The van der Waals surface area contributed by atoms with Gasteiger partial charge in [-0.05, 0) is 52.4 Å². The first kappa shape index (κ1) is 22.5. The Kier molecular flexibility index (Phi) is 9.76. The van der Waals surface area contributed by atoms with Crippen LogP contribution in [0.5, 0.6) is 0 Å². The summed E-state index contributed by atoms with van der Waals surface area (Å²) in [6, 6.07) is 0. The van der Waals surface area contributed by atoms with Gasteiger partial charge in [0.15, 0.2) is 5.96 Å². The van der Waals surface area contributed by atoms with E-state index >= 15 is 0 Å². The van der Waals surface area contributed by atoms with Gasteiger partial charge in [0.05, 0.1) is 0 Å². The van der Waals surface area contributed by atoms with Crippen molar-refractivity contribution in [3.8, 4) is 0 Å². The molecule has 1 amide bonds. The number of aliphatic imine (C=N–C) groups is 1. The van der Waals surface area contributed by atoms with Crippen molar-refractivity contribution in [2.24, 2.45) is 10.4 Å². The average molecular weight is 371 g/mol. The zero-order valence-electron chi connectivity index (χ0n) is 17.2. The SMILES string of the molecule is CCNC(=NCC1(CCOC)CCCC1)NCCNC(=O)OC(C)(C)C. The molecular formula is C19H38N4O3. The molecule has 26 heavy (non-hydrogen) atoms. The fourth-order valence-corrected chi connectivity index (χ4v) is 3.18. The van der Waals surface area contributed by atoms with Crippen LogP contribution in [0.3, 0.4) is 0 Å². The number of hydrogen-bond donors (Lipinski definition) is 3. The number of carbonyl (C=O) groups excluding carboxylic acids is 1. The largest absolute Gasteiger partial charge is 0.444 e. The van der Waals surface area contributed by atoms with Gasteiger partial charge in [0.2, 0.25) is 0 Å². The predicted octanol–water partition coefficient (Wildman–Crippen LogP) is 2.66. The van der Waals surface area contributed by atoms with E-state index in [1.165, 1.54) is 25.7 Å². The molecule has 0 radical (unpaired) electrons. The molecule has 0 aromatic rings. The van der Waals surface area contributed by atoms with Crippen molar-refractivity contribution in [3.05, 3.63) is 0 Å². The van der Waals surface area contributed by atoms with E-state index in [4.69, 9.17) is 14.5 Å². The number of nitrogens with one attached hydrogen (secondary N) is 3. The fraction of sp³-hybridized carbons (Fsp3) is 0.895. The highest BCUT2D eigenvalue weighted by molar-refractivity contribution is 5.79. The maximum atomic E-state index is 11.7. The molecule has 7 nitrogen and oxygen atoms in total. The van der Waals surface area contributed by atoms with Gasteiger partial charge in [-0.1, -0.05) is 12.8 Å². The van der Waals surface area contributed by atoms with Gasteiger partial charge in [-0.25, -0.2) is 4.79 Å². The standard InChI is InChI=1S/C19H38N4O3/c1-6-20-16(21-12-13-22-17(24)26-18(2,3)4)23-15-19(11-14-25-5)9-7-8-10-19/h6-15H2,1-5H3,(H,22,24)(H2,20,21,23). The van der Waals surface area contributed by atoms with Crippen molar-refractivity contribution in [2.75, 3.05) is 39.9 Å². The Balaban J connectivity index is 2.44. The molecule has 0 aromatic carbocycles. The number of carbonyl (C=O) groups is 1. The molecule has 152 valence electrons. The van der Waals surface area contributed by atoms with Crippen LogP contribution < -0.4 is 16.0 Å². The predicted molar refractivity (Wildman–Crippen MR) is 106 cm³/mol. The fourth-order valence-electron chi connectivity index (χ4n) is 3.18.